The third kappa shape index (κ3) is 4.39. The second kappa shape index (κ2) is 7.70. The smallest absolute Gasteiger partial charge is 0.266 e. The Bertz CT molecular complexity index is 688. The van der Waals surface area contributed by atoms with Crippen LogP contribution in [0, 0.1) is 0 Å². The van der Waals surface area contributed by atoms with Crippen LogP contribution in [-0.2, 0) is 4.79 Å². The molecule has 5 nitrogen and oxygen atoms in total. The number of aromatic nitrogens is 2. The van der Waals surface area contributed by atoms with Gasteiger partial charge in [0.1, 0.15) is 11.6 Å². The van der Waals surface area contributed by atoms with Gasteiger partial charge in [-0.25, -0.2) is 4.68 Å². The Balaban J connectivity index is 2.06. The Morgan fingerprint density at radius 2 is 2.09 bits per heavy atom. The van der Waals surface area contributed by atoms with Gasteiger partial charge in [0.15, 0.2) is 6.10 Å². The van der Waals surface area contributed by atoms with Crippen LogP contribution in [0.4, 0.5) is 5.82 Å². The molecule has 7 heteroatoms. The summed E-state index contributed by atoms with van der Waals surface area (Å²) in [7, 11) is 0. The highest BCUT2D eigenvalue weighted by atomic mass is 35.5. The van der Waals surface area contributed by atoms with Crippen molar-refractivity contribution in [2.75, 3.05) is 5.32 Å². The molecule has 1 heterocycles. The van der Waals surface area contributed by atoms with E-state index in [0.29, 0.717) is 21.6 Å². The van der Waals surface area contributed by atoms with Gasteiger partial charge in [-0.2, -0.15) is 5.10 Å². The van der Waals surface area contributed by atoms with Crippen molar-refractivity contribution in [3.63, 3.8) is 0 Å². The summed E-state index contributed by atoms with van der Waals surface area (Å²) in [6.45, 7) is 5.75. The lowest BCUT2D eigenvalue weighted by Gasteiger charge is -2.18. The first kappa shape index (κ1) is 17.6. The molecule has 0 saturated carbocycles. The number of carbonyl (C=O) groups excluding carboxylic acids is 1. The summed E-state index contributed by atoms with van der Waals surface area (Å²) in [5.41, 5.74) is 0. The number of nitrogens with one attached hydrogen (secondary N) is 1. The van der Waals surface area contributed by atoms with Gasteiger partial charge in [0.05, 0.1) is 17.3 Å². The van der Waals surface area contributed by atoms with E-state index in [1.807, 2.05) is 6.92 Å². The molecule has 0 spiro atoms. The average Bonchev–Trinajstić information content (AvgIpc) is 2.98. The molecule has 124 valence electrons. The van der Waals surface area contributed by atoms with E-state index >= 15 is 0 Å². The van der Waals surface area contributed by atoms with Crippen LogP contribution < -0.4 is 10.1 Å². The maximum Gasteiger partial charge on any atom is 0.266 e. The predicted octanol–water partition coefficient (Wildman–Crippen LogP) is 4.57. The number of hydrogen-bond donors (Lipinski definition) is 1. The quantitative estimate of drug-likeness (QED) is 0.825. The number of hydrogen-bond acceptors (Lipinski definition) is 3. The zero-order valence-corrected chi connectivity index (χ0v) is 14.7. The maximum atomic E-state index is 12.3. The van der Waals surface area contributed by atoms with Crippen molar-refractivity contribution in [2.45, 2.75) is 39.3 Å². The van der Waals surface area contributed by atoms with Crippen molar-refractivity contribution < 1.29 is 9.53 Å². The van der Waals surface area contributed by atoms with Gasteiger partial charge in [0.2, 0.25) is 0 Å². The summed E-state index contributed by atoms with van der Waals surface area (Å²) >= 11 is 12.0. The van der Waals surface area contributed by atoms with Crippen molar-refractivity contribution in [2.24, 2.45) is 0 Å². The van der Waals surface area contributed by atoms with Crippen LogP contribution in [0.15, 0.2) is 30.5 Å². The van der Waals surface area contributed by atoms with Crippen molar-refractivity contribution in [3.05, 3.63) is 40.5 Å². The fraction of sp³-hybridized carbons (Fsp3) is 0.375. The van der Waals surface area contributed by atoms with Crippen LogP contribution in [-0.4, -0.2) is 21.8 Å². The zero-order valence-electron chi connectivity index (χ0n) is 13.2. The SMILES string of the molecule is CC[C@H](C)n1nccc1NC(=O)[C@H](C)Oc1cc(Cl)ccc1Cl. The van der Waals surface area contributed by atoms with Crippen LogP contribution in [0.2, 0.25) is 10.0 Å². The van der Waals surface area contributed by atoms with Gasteiger partial charge in [-0.1, -0.05) is 30.1 Å². The molecule has 23 heavy (non-hydrogen) atoms. The number of rotatable bonds is 6. The predicted molar refractivity (Wildman–Crippen MR) is 92.4 cm³/mol. The van der Waals surface area contributed by atoms with E-state index in [1.54, 1.807) is 42.1 Å². The van der Waals surface area contributed by atoms with Gasteiger partial charge < -0.3 is 10.1 Å². The number of ether oxygens (including phenoxy) is 1. The standard InChI is InChI=1S/C16H19Cl2N3O2/c1-4-10(2)21-15(7-8-19-21)20-16(22)11(3)23-14-9-12(17)5-6-13(14)18/h5-11H,4H2,1-3H3,(H,20,22)/t10-,11-/m0/s1. The van der Waals surface area contributed by atoms with E-state index in [9.17, 15) is 4.79 Å². The summed E-state index contributed by atoms with van der Waals surface area (Å²) in [4.78, 5) is 12.3. The minimum absolute atomic E-state index is 0.193. The van der Waals surface area contributed by atoms with Crippen LogP contribution in [0.25, 0.3) is 0 Å². The first-order valence-electron chi connectivity index (χ1n) is 7.38. The number of anilines is 1. The Labute approximate surface area is 145 Å². The van der Waals surface area contributed by atoms with Gasteiger partial charge in [-0.15, -0.1) is 0 Å². The Kier molecular flexibility index (Phi) is 5.91. The molecule has 0 radical (unpaired) electrons. The maximum absolute atomic E-state index is 12.3. The third-order valence-electron chi connectivity index (χ3n) is 3.50. The summed E-state index contributed by atoms with van der Waals surface area (Å²) in [5, 5.41) is 7.95. The van der Waals surface area contributed by atoms with Crippen molar-refractivity contribution in [1.82, 2.24) is 9.78 Å². The van der Waals surface area contributed by atoms with Crippen LogP contribution >= 0.6 is 23.2 Å². The lowest BCUT2D eigenvalue weighted by atomic mass is 10.3. The lowest BCUT2D eigenvalue weighted by molar-refractivity contribution is -0.122. The Morgan fingerprint density at radius 3 is 2.78 bits per heavy atom. The van der Waals surface area contributed by atoms with Gasteiger partial charge in [-0.05, 0) is 32.4 Å². The molecule has 1 N–H and O–H groups in total. The van der Waals surface area contributed by atoms with Gasteiger partial charge >= 0.3 is 0 Å². The molecular formula is C16H19Cl2N3O2. The molecule has 1 aromatic heterocycles. The van der Waals surface area contributed by atoms with Crippen LogP contribution in [0.3, 0.4) is 0 Å². The number of amides is 1. The second-order valence-corrected chi connectivity index (χ2v) is 6.09. The molecule has 0 aliphatic rings. The van der Waals surface area contributed by atoms with Crippen LogP contribution in [0.5, 0.6) is 5.75 Å². The molecule has 1 aromatic carbocycles. The lowest BCUT2D eigenvalue weighted by Crippen LogP contribution is -2.31. The molecule has 0 saturated heterocycles. The van der Waals surface area contributed by atoms with E-state index in [-0.39, 0.29) is 11.9 Å². The third-order valence-corrected chi connectivity index (χ3v) is 4.04. The largest absolute Gasteiger partial charge is 0.479 e. The molecule has 2 aromatic rings. The molecular weight excluding hydrogens is 337 g/mol. The van der Waals surface area contributed by atoms with E-state index in [2.05, 4.69) is 17.3 Å². The molecule has 2 atom stereocenters. The summed E-state index contributed by atoms with van der Waals surface area (Å²) < 4.78 is 7.38. The Hall–Kier alpha value is -1.72. The van der Waals surface area contributed by atoms with Gasteiger partial charge in [-0.3, -0.25) is 4.79 Å². The van der Waals surface area contributed by atoms with E-state index in [4.69, 9.17) is 27.9 Å². The highest BCUT2D eigenvalue weighted by Crippen LogP contribution is 2.28. The van der Waals surface area contributed by atoms with E-state index < -0.39 is 6.10 Å². The number of benzene rings is 1. The van der Waals surface area contributed by atoms with Crippen molar-refractivity contribution in [3.8, 4) is 5.75 Å². The van der Waals surface area contributed by atoms with Crippen LogP contribution in [0.1, 0.15) is 33.2 Å². The molecule has 0 aliphatic carbocycles. The average molecular weight is 356 g/mol. The number of nitrogens with zero attached hydrogens (tertiary/aromatic N) is 2. The highest BCUT2D eigenvalue weighted by molar-refractivity contribution is 6.34. The number of halogens is 2. The fourth-order valence-corrected chi connectivity index (χ4v) is 2.30. The molecule has 0 unspecified atom stereocenters. The molecule has 0 bridgehead atoms. The van der Waals surface area contributed by atoms with Crippen molar-refractivity contribution in [1.29, 1.82) is 0 Å². The monoisotopic (exact) mass is 355 g/mol. The van der Waals surface area contributed by atoms with Gasteiger partial charge in [0, 0.05) is 17.2 Å². The molecule has 2 rings (SSSR count). The molecule has 0 aliphatic heterocycles. The molecule has 0 fully saturated rings. The summed E-state index contributed by atoms with van der Waals surface area (Å²) in [6.07, 6.45) is 1.84. The van der Waals surface area contributed by atoms with Crippen molar-refractivity contribution >= 4 is 34.9 Å². The van der Waals surface area contributed by atoms with Gasteiger partial charge in [0.25, 0.3) is 5.91 Å². The number of carbonyl (C=O) groups is 1. The normalized spacial score (nSPS) is 13.4. The molecule has 1 amide bonds. The second-order valence-electron chi connectivity index (χ2n) is 5.24. The fourth-order valence-electron chi connectivity index (χ4n) is 1.98. The topological polar surface area (TPSA) is 56.2 Å². The van der Waals surface area contributed by atoms with E-state index in [1.165, 1.54) is 0 Å². The zero-order chi connectivity index (χ0) is 17.0. The summed E-state index contributed by atoms with van der Waals surface area (Å²) in [5.74, 6) is 0.723. The van der Waals surface area contributed by atoms with E-state index in [0.717, 1.165) is 6.42 Å². The minimum Gasteiger partial charge on any atom is -0.479 e. The first-order chi connectivity index (χ1) is 10.9. The summed E-state index contributed by atoms with van der Waals surface area (Å²) in [6, 6.07) is 6.81. The first-order valence-corrected chi connectivity index (χ1v) is 8.14. The Morgan fingerprint density at radius 1 is 1.35 bits per heavy atom. The minimum atomic E-state index is -0.730. The highest BCUT2D eigenvalue weighted by Gasteiger charge is 2.19.